The maximum Gasteiger partial charge on any atom is 0.336 e. The first kappa shape index (κ1) is 9.76. The molecule has 0 aromatic heterocycles. The lowest BCUT2D eigenvalue weighted by Crippen LogP contribution is -2.00. The molecule has 0 unspecified atom stereocenters. The van der Waals surface area contributed by atoms with Gasteiger partial charge in [0.1, 0.15) is 5.82 Å². The summed E-state index contributed by atoms with van der Waals surface area (Å²) in [4.78, 5) is 10.6. The summed E-state index contributed by atoms with van der Waals surface area (Å²) >= 11 is 0. The van der Waals surface area contributed by atoms with E-state index in [4.69, 9.17) is 10.4 Å². The zero-order valence-electron chi connectivity index (χ0n) is 6.91. The Bertz CT molecular complexity index is 477. The summed E-state index contributed by atoms with van der Waals surface area (Å²) in [7, 11) is 0. The summed E-state index contributed by atoms with van der Waals surface area (Å²) in [5.74, 6) is 2.48. The molecule has 0 radical (unpaired) electrons. The SMILES string of the molecule is N#CC#Cc1cc(F)ccc1C(=O)O. The quantitative estimate of drug-likeness (QED) is 0.679. The summed E-state index contributed by atoms with van der Waals surface area (Å²) in [6, 6.07) is 4.64. The summed E-state index contributed by atoms with van der Waals surface area (Å²) in [6.45, 7) is 0. The third-order valence-corrected chi connectivity index (χ3v) is 1.47. The van der Waals surface area contributed by atoms with E-state index in [1.807, 2.05) is 5.92 Å². The Morgan fingerprint density at radius 3 is 2.79 bits per heavy atom. The molecule has 1 aromatic rings. The van der Waals surface area contributed by atoms with Crippen LogP contribution in [0.2, 0.25) is 0 Å². The molecule has 0 saturated carbocycles. The van der Waals surface area contributed by atoms with E-state index in [9.17, 15) is 9.18 Å². The smallest absolute Gasteiger partial charge is 0.336 e. The predicted octanol–water partition coefficient (Wildman–Crippen LogP) is 1.40. The van der Waals surface area contributed by atoms with Crippen LogP contribution in [0.5, 0.6) is 0 Å². The van der Waals surface area contributed by atoms with Crippen LogP contribution in [0.4, 0.5) is 4.39 Å². The highest BCUT2D eigenvalue weighted by Gasteiger charge is 2.08. The van der Waals surface area contributed by atoms with Crippen molar-refractivity contribution in [2.24, 2.45) is 0 Å². The highest BCUT2D eigenvalue weighted by molar-refractivity contribution is 5.90. The van der Waals surface area contributed by atoms with Crippen LogP contribution in [0, 0.1) is 29.0 Å². The standard InChI is InChI=1S/C10H4FNO2/c11-8-3-4-9(10(13)14)7(6-8)2-1-5-12/h3-4,6H,(H,13,14). The molecule has 0 atom stereocenters. The fourth-order valence-corrected chi connectivity index (χ4v) is 0.902. The van der Waals surface area contributed by atoms with Crippen LogP contribution in [0.25, 0.3) is 0 Å². The molecule has 0 heterocycles. The van der Waals surface area contributed by atoms with Gasteiger partial charge in [-0.3, -0.25) is 0 Å². The number of rotatable bonds is 1. The highest BCUT2D eigenvalue weighted by atomic mass is 19.1. The summed E-state index contributed by atoms with van der Waals surface area (Å²) in [6.07, 6.45) is 0. The van der Waals surface area contributed by atoms with Crippen LogP contribution in [0.15, 0.2) is 18.2 Å². The monoisotopic (exact) mass is 189 g/mol. The molecule has 0 aliphatic heterocycles. The molecule has 0 amide bonds. The topological polar surface area (TPSA) is 61.1 Å². The van der Waals surface area contributed by atoms with E-state index in [0.717, 1.165) is 18.2 Å². The zero-order chi connectivity index (χ0) is 10.6. The minimum absolute atomic E-state index is 0.000880. The van der Waals surface area contributed by atoms with E-state index >= 15 is 0 Å². The second kappa shape index (κ2) is 4.06. The molecule has 0 fully saturated rings. The van der Waals surface area contributed by atoms with Crippen LogP contribution >= 0.6 is 0 Å². The van der Waals surface area contributed by atoms with E-state index in [0.29, 0.717) is 0 Å². The van der Waals surface area contributed by atoms with E-state index < -0.39 is 11.8 Å². The summed E-state index contributed by atoms with van der Waals surface area (Å²) < 4.78 is 12.7. The number of carboxylic acid groups (broad SMARTS) is 1. The normalized spacial score (nSPS) is 8.29. The average molecular weight is 189 g/mol. The molecular formula is C10H4FNO2. The molecule has 14 heavy (non-hydrogen) atoms. The minimum Gasteiger partial charge on any atom is -0.478 e. The van der Waals surface area contributed by atoms with Gasteiger partial charge < -0.3 is 5.11 Å². The number of halogens is 1. The number of nitrogens with zero attached hydrogens (tertiary/aromatic N) is 1. The van der Waals surface area contributed by atoms with E-state index in [-0.39, 0.29) is 11.1 Å². The average Bonchev–Trinajstić information content (AvgIpc) is 2.14. The van der Waals surface area contributed by atoms with Crippen molar-refractivity contribution in [3.8, 4) is 17.9 Å². The molecule has 4 heteroatoms. The summed E-state index contributed by atoms with van der Waals surface area (Å²) in [5, 5.41) is 16.8. The Labute approximate surface area is 79.4 Å². The Balaban J connectivity index is 3.31. The van der Waals surface area contributed by atoms with Crippen molar-refractivity contribution in [3.63, 3.8) is 0 Å². The lowest BCUT2D eigenvalue weighted by molar-refractivity contribution is 0.0696. The number of carboxylic acids is 1. The van der Waals surface area contributed by atoms with Gasteiger partial charge in [-0.1, -0.05) is 0 Å². The van der Waals surface area contributed by atoms with Crippen molar-refractivity contribution in [1.29, 1.82) is 5.26 Å². The van der Waals surface area contributed by atoms with Crippen molar-refractivity contribution in [2.45, 2.75) is 0 Å². The van der Waals surface area contributed by atoms with Gasteiger partial charge in [-0.2, -0.15) is 5.26 Å². The number of hydrogen-bond donors (Lipinski definition) is 1. The lowest BCUT2D eigenvalue weighted by atomic mass is 10.1. The third-order valence-electron chi connectivity index (χ3n) is 1.47. The van der Waals surface area contributed by atoms with Gasteiger partial charge in [0, 0.05) is 11.5 Å². The highest BCUT2D eigenvalue weighted by Crippen LogP contribution is 2.09. The van der Waals surface area contributed by atoms with Gasteiger partial charge in [0.15, 0.2) is 6.07 Å². The third kappa shape index (κ3) is 2.09. The van der Waals surface area contributed by atoms with Gasteiger partial charge in [0.25, 0.3) is 0 Å². The Kier molecular flexibility index (Phi) is 2.83. The molecule has 0 aliphatic carbocycles. The van der Waals surface area contributed by atoms with Gasteiger partial charge in [-0.25, -0.2) is 9.18 Å². The van der Waals surface area contributed by atoms with Crippen molar-refractivity contribution >= 4 is 5.97 Å². The maximum absolute atomic E-state index is 12.7. The Morgan fingerprint density at radius 1 is 1.50 bits per heavy atom. The van der Waals surface area contributed by atoms with Crippen LogP contribution in [-0.4, -0.2) is 11.1 Å². The number of carbonyl (C=O) groups is 1. The number of benzene rings is 1. The largest absolute Gasteiger partial charge is 0.478 e. The molecule has 0 aliphatic rings. The molecule has 1 rings (SSSR count). The molecule has 68 valence electrons. The fraction of sp³-hybridized carbons (Fsp3) is 0. The first-order valence-corrected chi connectivity index (χ1v) is 3.58. The molecule has 3 nitrogen and oxygen atoms in total. The first-order chi connectivity index (χ1) is 6.65. The predicted molar refractivity (Wildman–Crippen MR) is 45.9 cm³/mol. The van der Waals surface area contributed by atoms with Crippen LogP contribution in [0.3, 0.4) is 0 Å². The van der Waals surface area contributed by atoms with Crippen LogP contribution < -0.4 is 0 Å². The van der Waals surface area contributed by atoms with Crippen LogP contribution in [0.1, 0.15) is 15.9 Å². The van der Waals surface area contributed by atoms with E-state index in [1.165, 1.54) is 6.07 Å². The Morgan fingerprint density at radius 2 is 2.21 bits per heavy atom. The van der Waals surface area contributed by atoms with Gasteiger partial charge >= 0.3 is 5.97 Å². The van der Waals surface area contributed by atoms with E-state index in [1.54, 1.807) is 0 Å². The van der Waals surface area contributed by atoms with Gasteiger partial charge in [-0.15, -0.1) is 0 Å². The summed E-state index contributed by atoms with van der Waals surface area (Å²) in [5.41, 5.74) is -0.117. The molecule has 0 spiro atoms. The molecule has 1 aromatic carbocycles. The van der Waals surface area contributed by atoms with Gasteiger partial charge in [0.05, 0.1) is 5.56 Å². The van der Waals surface area contributed by atoms with E-state index in [2.05, 4.69) is 5.92 Å². The second-order valence-corrected chi connectivity index (χ2v) is 2.36. The number of hydrogen-bond acceptors (Lipinski definition) is 2. The van der Waals surface area contributed by atoms with Crippen molar-refractivity contribution in [3.05, 3.63) is 35.1 Å². The zero-order valence-corrected chi connectivity index (χ0v) is 6.91. The molecule has 0 saturated heterocycles. The van der Waals surface area contributed by atoms with Gasteiger partial charge in [0.2, 0.25) is 0 Å². The fourth-order valence-electron chi connectivity index (χ4n) is 0.902. The van der Waals surface area contributed by atoms with Gasteiger partial charge in [-0.05, 0) is 24.1 Å². The first-order valence-electron chi connectivity index (χ1n) is 3.58. The second-order valence-electron chi connectivity index (χ2n) is 2.36. The number of nitriles is 1. The molecular weight excluding hydrogens is 185 g/mol. The van der Waals surface area contributed by atoms with Crippen LogP contribution in [-0.2, 0) is 0 Å². The van der Waals surface area contributed by atoms with Crippen molar-refractivity contribution in [2.75, 3.05) is 0 Å². The number of aromatic carboxylic acids is 1. The lowest BCUT2D eigenvalue weighted by Gasteiger charge is -1.97. The Hall–Kier alpha value is -2.33. The minimum atomic E-state index is -1.20. The molecule has 1 N–H and O–H groups in total. The molecule has 0 bridgehead atoms. The van der Waals surface area contributed by atoms with Crippen molar-refractivity contribution in [1.82, 2.24) is 0 Å². The maximum atomic E-state index is 12.7. The van der Waals surface area contributed by atoms with Crippen molar-refractivity contribution < 1.29 is 14.3 Å².